The Hall–Kier alpha value is -5.12. The molecule has 4 heterocycles. The number of carboxylic acids is 2. The second-order valence-corrected chi connectivity index (χ2v) is 10.7. The van der Waals surface area contributed by atoms with Gasteiger partial charge in [-0.2, -0.15) is 0 Å². The van der Waals surface area contributed by atoms with Crippen LogP contribution in [0.2, 0.25) is 0 Å². The number of carbonyl (C=O) groups is 4. The first-order valence-corrected chi connectivity index (χ1v) is 13.9. The quantitative estimate of drug-likeness (QED) is 0.202. The SMILES string of the molecule is C=Cc1c(Cc2[nH]c(/C=C3\NC(=O)C(C)=C3CCC(=O)O)c(C)c2C=C)[nH]c(/C=C2\NC(=O)C(C)=C2CCC(=O)O)c1C. The average Bonchev–Trinajstić information content (AvgIpc) is 3.59. The lowest BCUT2D eigenvalue weighted by Crippen LogP contribution is -2.15. The van der Waals surface area contributed by atoms with Crippen molar-refractivity contribution in [3.8, 4) is 0 Å². The highest BCUT2D eigenvalue weighted by Gasteiger charge is 2.26. The molecule has 0 radical (unpaired) electrons. The normalized spacial score (nSPS) is 16.8. The van der Waals surface area contributed by atoms with Crippen LogP contribution in [0.15, 0.2) is 46.8 Å². The van der Waals surface area contributed by atoms with Gasteiger partial charge in [0, 0.05) is 64.6 Å². The Kier molecular flexibility index (Phi) is 8.89. The number of amides is 2. The number of nitrogens with one attached hydrogen (secondary N) is 4. The maximum absolute atomic E-state index is 12.4. The summed E-state index contributed by atoms with van der Waals surface area (Å²) < 4.78 is 0. The van der Waals surface area contributed by atoms with Crippen LogP contribution >= 0.6 is 0 Å². The summed E-state index contributed by atoms with van der Waals surface area (Å²) in [6, 6.07) is 0. The number of rotatable bonds is 12. The van der Waals surface area contributed by atoms with Gasteiger partial charge < -0.3 is 30.8 Å². The van der Waals surface area contributed by atoms with Crippen molar-refractivity contribution < 1.29 is 29.4 Å². The summed E-state index contributed by atoms with van der Waals surface area (Å²) in [4.78, 5) is 54.0. The van der Waals surface area contributed by atoms with E-state index in [9.17, 15) is 19.2 Å². The van der Waals surface area contributed by atoms with Crippen LogP contribution in [0.25, 0.3) is 24.3 Å². The molecule has 0 aromatic carbocycles. The molecule has 0 spiro atoms. The van der Waals surface area contributed by atoms with Gasteiger partial charge in [0.1, 0.15) is 0 Å². The van der Waals surface area contributed by atoms with E-state index in [0.717, 1.165) is 45.0 Å². The van der Waals surface area contributed by atoms with Gasteiger partial charge >= 0.3 is 11.9 Å². The Balaban J connectivity index is 1.69. The molecule has 0 unspecified atom stereocenters. The summed E-state index contributed by atoms with van der Waals surface area (Å²) in [5.41, 5.74) is 10.5. The number of carbonyl (C=O) groups excluding carboxylic acids is 2. The number of aliphatic carboxylic acids is 2. The maximum Gasteiger partial charge on any atom is 0.303 e. The second-order valence-electron chi connectivity index (χ2n) is 10.7. The van der Waals surface area contributed by atoms with Crippen molar-refractivity contribution in [2.75, 3.05) is 0 Å². The van der Waals surface area contributed by atoms with Crippen LogP contribution in [-0.4, -0.2) is 43.9 Å². The summed E-state index contributed by atoms with van der Waals surface area (Å²) in [6.45, 7) is 15.3. The summed E-state index contributed by atoms with van der Waals surface area (Å²) in [5, 5.41) is 24.0. The number of carboxylic acid groups (broad SMARTS) is 2. The fourth-order valence-corrected chi connectivity index (χ4v) is 5.59. The number of aromatic amines is 2. The largest absolute Gasteiger partial charge is 0.481 e. The minimum atomic E-state index is -0.932. The highest BCUT2D eigenvalue weighted by molar-refractivity contribution is 6.01. The van der Waals surface area contributed by atoms with E-state index in [0.29, 0.717) is 40.1 Å². The highest BCUT2D eigenvalue weighted by atomic mass is 16.4. The molecule has 2 aliphatic heterocycles. The summed E-state index contributed by atoms with van der Waals surface area (Å²) in [5.74, 6) is -2.35. The zero-order chi connectivity index (χ0) is 31.6. The molecule has 6 N–H and O–H groups in total. The minimum absolute atomic E-state index is 0.0824. The standard InChI is InChI=1S/C33H36N4O6/c1-7-20-16(3)24(13-28-22(9-11-30(38)39)18(5)32(42)36-28)34-26(20)15-27-21(8-2)17(4)25(35-27)14-29-23(10-12-31(40)41)19(6)33(43)37-29/h7-8,13-14,34-35H,1-2,9-12,15H2,3-6H3,(H,36,42)(H,37,43)(H,38,39)(H,40,41)/b28-13-,29-14-. The van der Waals surface area contributed by atoms with Gasteiger partial charge in [-0.15, -0.1) is 0 Å². The second kappa shape index (κ2) is 12.4. The molecule has 0 bridgehead atoms. The van der Waals surface area contributed by atoms with E-state index in [4.69, 9.17) is 10.2 Å². The third kappa shape index (κ3) is 6.23. The predicted octanol–water partition coefficient (Wildman–Crippen LogP) is 5.14. The molecule has 0 saturated heterocycles. The highest BCUT2D eigenvalue weighted by Crippen LogP contribution is 2.32. The third-order valence-electron chi connectivity index (χ3n) is 8.09. The predicted molar refractivity (Wildman–Crippen MR) is 165 cm³/mol. The van der Waals surface area contributed by atoms with Crippen molar-refractivity contribution in [1.82, 2.24) is 20.6 Å². The van der Waals surface area contributed by atoms with E-state index in [1.165, 1.54) is 0 Å². The molecule has 224 valence electrons. The first kappa shape index (κ1) is 30.8. The number of aromatic nitrogens is 2. The van der Waals surface area contributed by atoms with Crippen LogP contribution < -0.4 is 10.6 Å². The topological polar surface area (TPSA) is 164 Å². The average molecular weight is 585 g/mol. The smallest absolute Gasteiger partial charge is 0.303 e. The Bertz CT molecular complexity index is 1580. The maximum atomic E-state index is 12.4. The molecule has 4 rings (SSSR count). The Labute approximate surface area is 249 Å². The Morgan fingerprint density at radius 3 is 1.40 bits per heavy atom. The van der Waals surface area contributed by atoms with Crippen LogP contribution in [-0.2, 0) is 25.6 Å². The first-order valence-electron chi connectivity index (χ1n) is 13.9. The molecule has 2 aliphatic rings. The molecule has 0 aliphatic carbocycles. The van der Waals surface area contributed by atoms with Crippen LogP contribution in [0.4, 0.5) is 0 Å². The van der Waals surface area contributed by atoms with E-state index in [-0.39, 0.29) is 37.5 Å². The van der Waals surface area contributed by atoms with Crippen molar-refractivity contribution >= 4 is 48.1 Å². The van der Waals surface area contributed by atoms with Crippen LogP contribution in [0.1, 0.15) is 84.6 Å². The zero-order valence-electron chi connectivity index (χ0n) is 24.8. The van der Waals surface area contributed by atoms with Crippen LogP contribution in [0.5, 0.6) is 0 Å². The van der Waals surface area contributed by atoms with Crippen molar-refractivity contribution in [3.63, 3.8) is 0 Å². The Morgan fingerprint density at radius 1 is 0.698 bits per heavy atom. The van der Waals surface area contributed by atoms with Crippen molar-refractivity contribution in [2.24, 2.45) is 0 Å². The van der Waals surface area contributed by atoms with Crippen molar-refractivity contribution in [3.05, 3.63) is 91.9 Å². The summed E-state index contributed by atoms with van der Waals surface area (Å²) >= 11 is 0. The van der Waals surface area contributed by atoms with E-state index in [1.807, 2.05) is 26.0 Å². The zero-order valence-corrected chi connectivity index (χ0v) is 24.8. The number of H-pyrrole nitrogens is 2. The minimum Gasteiger partial charge on any atom is -0.481 e. The molecule has 0 fully saturated rings. The molecule has 2 aromatic heterocycles. The summed E-state index contributed by atoms with van der Waals surface area (Å²) in [7, 11) is 0. The van der Waals surface area contributed by atoms with E-state index in [1.54, 1.807) is 26.0 Å². The molecule has 10 heteroatoms. The fourth-order valence-electron chi connectivity index (χ4n) is 5.59. The molecule has 0 saturated carbocycles. The van der Waals surface area contributed by atoms with Gasteiger partial charge in [-0.3, -0.25) is 19.2 Å². The number of hydrogen-bond donors (Lipinski definition) is 6. The molecule has 43 heavy (non-hydrogen) atoms. The van der Waals surface area contributed by atoms with Gasteiger partial charge in [-0.25, -0.2) is 0 Å². The van der Waals surface area contributed by atoms with Crippen molar-refractivity contribution in [1.29, 1.82) is 0 Å². The monoisotopic (exact) mass is 584 g/mol. The van der Waals surface area contributed by atoms with Gasteiger partial charge in [0.15, 0.2) is 0 Å². The fraction of sp³-hybridized carbons (Fsp3) is 0.273. The van der Waals surface area contributed by atoms with Crippen LogP contribution in [0.3, 0.4) is 0 Å². The molecule has 2 aromatic rings. The molecular formula is C33H36N4O6. The van der Waals surface area contributed by atoms with Crippen LogP contribution in [0, 0.1) is 13.8 Å². The Morgan fingerprint density at radius 2 is 1.07 bits per heavy atom. The van der Waals surface area contributed by atoms with Gasteiger partial charge in [-0.05, 0) is 86.1 Å². The van der Waals surface area contributed by atoms with Gasteiger partial charge in [0.05, 0.1) is 0 Å². The summed E-state index contributed by atoms with van der Waals surface area (Å²) in [6.07, 6.45) is 7.98. The van der Waals surface area contributed by atoms with Gasteiger partial charge in [0.2, 0.25) is 0 Å². The lowest BCUT2D eigenvalue weighted by atomic mass is 10.0. The van der Waals surface area contributed by atoms with Crippen molar-refractivity contribution in [2.45, 2.75) is 59.8 Å². The lowest BCUT2D eigenvalue weighted by Gasteiger charge is -2.05. The number of hydrogen-bond acceptors (Lipinski definition) is 4. The van der Waals surface area contributed by atoms with E-state index in [2.05, 4.69) is 33.8 Å². The van der Waals surface area contributed by atoms with E-state index < -0.39 is 11.9 Å². The first-order chi connectivity index (χ1) is 20.4. The molecular weight excluding hydrogens is 548 g/mol. The lowest BCUT2D eigenvalue weighted by molar-refractivity contribution is -0.137. The van der Waals surface area contributed by atoms with E-state index >= 15 is 0 Å². The van der Waals surface area contributed by atoms with Gasteiger partial charge in [0.25, 0.3) is 11.8 Å². The molecule has 0 atom stereocenters. The third-order valence-corrected chi connectivity index (χ3v) is 8.09. The molecule has 2 amide bonds. The number of allylic oxidation sites excluding steroid dienone is 2. The molecule has 10 nitrogen and oxygen atoms in total. The van der Waals surface area contributed by atoms with Gasteiger partial charge in [-0.1, -0.05) is 25.3 Å².